The van der Waals surface area contributed by atoms with Crippen LogP contribution in [0.4, 0.5) is 10.5 Å². The van der Waals surface area contributed by atoms with Crippen molar-refractivity contribution in [2.45, 2.75) is 70.2 Å². The molecule has 1 N–H and O–H groups in total. The number of rotatable bonds is 4. The van der Waals surface area contributed by atoms with Gasteiger partial charge >= 0.3 is 6.09 Å². The van der Waals surface area contributed by atoms with Crippen LogP contribution in [0, 0.1) is 0 Å². The van der Waals surface area contributed by atoms with Gasteiger partial charge in [-0.3, -0.25) is 9.58 Å². The third-order valence-corrected chi connectivity index (χ3v) is 6.93. The number of anilines is 1. The number of fused-ring (bicyclic) bond motifs is 1. The fourth-order valence-corrected chi connectivity index (χ4v) is 4.64. The Morgan fingerprint density at radius 3 is 2.70 bits per heavy atom. The smallest absolute Gasteiger partial charge is 0.414 e. The van der Waals surface area contributed by atoms with Crippen molar-refractivity contribution in [2.24, 2.45) is 0 Å². The second-order valence-electron chi connectivity index (χ2n) is 8.81. The minimum absolute atomic E-state index is 0.0997. The summed E-state index contributed by atoms with van der Waals surface area (Å²) in [7, 11) is 1.44. The molecule has 1 amide bonds. The molecule has 7 nitrogen and oxygen atoms in total. The van der Waals surface area contributed by atoms with Crippen LogP contribution in [0.2, 0.25) is 0 Å². The lowest BCUT2D eigenvalue weighted by Crippen LogP contribution is -2.51. The molecule has 0 spiro atoms. The molecule has 2 fully saturated rings. The molecule has 1 saturated heterocycles. The van der Waals surface area contributed by atoms with Gasteiger partial charge in [-0.25, -0.2) is 4.79 Å². The third-order valence-electron chi connectivity index (χ3n) is 6.93. The summed E-state index contributed by atoms with van der Waals surface area (Å²) in [6.45, 7) is 5.20. The van der Waals surface area contributed by atoms with Crippen molar-refractivity contribution >= 4 is 11.8 Å². The molecule has 3 aliphatic rings. The van der Waals surface area contributed by atoms with E-state index in [1.165, 1.54) is 13.5 Å². The zero-order valence-electron chi connectivity index (χ0n) is 17.9. The highest BCUT2D eigenvalue weighted by Gasteiger charge is 2.34. The van der Waals surface area contributed by atoms with Crippen molar-refractivity contribution in [1.29, 1.82) is 0 Å². The number of hydrogen-bond donors (Lipinski definition) is 1. The van der Waals surface area contributed by atoms with Gasteiger partial charge < -0.3 is 14.8 Å². The van der Waals surface area contributed by atoms with E-state index in [2.05, 4.69) is 41.2 Å². The molecule has 2 unspecified atom stereocenters. The maximum Gasteiger partial charge on any atom is 0.414 e. The zero-order chi connectivity index (χ0) is 20.8. The van der Waals surface area contributed by atoms with Gasteiger partial charge in [0.2, 0.25) is 0 Å². The highest BCUT2D eigenvalue weighted by molar-refractivity contribution is 5.92. The Labute approximate surface area is 177 Å². The van der Waals surface area contributed by atoms with E-state index in [1.54, 1.807) is 4.90 Å². The first-order valence-corrected chi connectivity index (χ1v) is 11.0. The Bertz CT molecular complexity index is 952. The summed E-state index contributed by atoms with van der Waals surface area (Å²) < 4.78 is 13.7. The molecular formula is C23H30N4O3. The van der Waals surface area contributed by atoms with Gasteiger partial charge in [-0.15, -0.1) is 0 Å². The number of carbonyl (C=O) groups excluding carboxylic acids is 1. The van der Waals surface area contributed by atoms with Gasteiger partial charge in [0.05, 0.1) is 31.1 Å². The van der Waals surface area contributed by atoms with Crippen molar-refractivity contribution < 1.29 is 14.3 Å². The standard InChI is InChI=1S/C23H30N4O3/c1-14-7-8-19-20(27(14)23(28)29-3)10-9-18(22(19)30-17-5-4-6-17)16-11-25-26(13-16)21-12-24-15(21)2/h9-11,13-15,17,21,24H,4-8,12H2,1-3H3/t14-,15?,21?/m0/s1. The number of amides is 1. The molecule has 1 aromatic carbocycles. The topological polar surface area (TPSA) is 68.6 Å². The molecule has 0 radical (unpaired) electrons. The van der Waals surface area contributed by atoms with Crippen molar-refractivity contribution in [1.82, 2.24) is 15.1 Å². The highest BCUT2D eigenvalue weighted by atomic mass is 16.5. The summed E-state index contributed by atoms with van der Waals surface area (Å²) in [6, 6.07) is 5.04. The summed E-state index contributed by atoms with van der Waals surface area (Å²) in [6.07, 6.45) is 9.16. The van der Waals surface area contributed by atoms with E-state index in [-0.39, 0.29) is 18.2 Å². The molecular weight excluding hydrogens is 380 g/mol. The number of aromatic nitrogens is 2. The van der Waals surface area contributed by atoms with Gasteiger partial charge in [0, 0.05) is 41.5 Å². The molecule has 1 aromatic heterocycles. The van der Waals surface area contributed by atoms with Crippen LogP contribution in [0.5, 0.6) is 5.75 Å². The normalized spacial score (nSPS) is 25.8. The Morgan fingerprint density at radius 1 is 1.23 bits per heavy atom. The molecule has 160 valence electrons. The van der Waals surface area contributed by atoms with Crippen molar-refractivity contribution in [3.05, 3.63) is 30.1 Å². The lowest BCUT2D eigenvalue weighted by Gasteiger charge is -2.37. The Hall–Kier alpha value is -2.54. The van der Waals surface area contributed by atoms with Crippen LogP contribution in [0.25, 0.3) is 11.1 Å². The lowest BCUT2D eigenvalue weighted by molar-refractivity contribution is 0.119. The first-order valence-electron chi connectivity index (χ1n) is 11.0. The van der Waals surface area contributed by atoms with E-state index in [0.29, 0.717) is 12.1 Å². The average molecular weight is 411 g/mol. The summed E-state index contributed by atoms with van der Waals surface area (Å²) in [5.74, 6) is 0.914. The number of hydrogen-bond acceptors (Lipinski definition) is 5. The monoisotopic (exact) mass is 410 g/mol. The van der Waals surface area contributed by atoms with Gasteiger partial charge in [0.15, 0.2) is 0 Å². The molecule has 1 aliphatic carbocycles. The highest BCUT2D eigenvalue weighted by Crippen LogP contribution is 2.44. The van der Waals surface area contributed by atoms with E-state index in [9.17, 15) is 4.79 Å². The molecule has 2 aliphatic heterocycles. The fraction of sp³-hybridized carbons (Fsp3) is 0.565. The van der Waals surface area contributed by atoms with E-state index >= 15 is 0 Å². The van der Waals surface area contributed by atoms with Gasteiger partial charge in [0.25, 0.3) is 0 Å². The van der Waals surface area contributed by atoms with E-state index < -0.39 is 0 Å². The second kappa shape index (κ2) is 7.61. The Balaban J connectivity index is 1.57. The fourth-order valence-electron chi connectivity index (χ4n) is 4.64. The molecule has 7 heteroatoms. The first kappa shape index (κ1) is 19.4. The van der Waals surface area contributed by atoms with Crippen LogP contribution in [0.15, 0.2) is 24.5 Å². The number of carbonyl (C=O) groups is 1. The quantitative estimate of drug-likeness (QED) is 0.827. The van der Waals surface area contributed by atoms with Crippen molar-refractivity contribution in [2.75, 3.05) is 18.6 Å². The van der Waals surface area contributed by atoms with Crippen LogP contribution in [-0.4, -0.2) is 47.7 Å². The molecule has 0 bridgehead atoms. The number of nitrogens with one attached hydrogen (secondary N) is 1. The largest absolute Gasteiger partial charge is 0.489 e. The van der Waals surface area contributed by atoms with Gasteiger partial charge in [-0.05, 0) is 58.1 Å². The molecule has 5 rings (SSSR count). The third kappa shape index (κ3) is 3.16. The Kier molecular flexibility index (Phi) is 4.93. The van der Waals surface area contributed by atoms with Crippen molar-refractivity contribution in [3.8, 4) is 16.9 Å². The Morgan fingerprint density at radius 2 is 2.07 bits per heavy atom. The second-order valence-corrected chi connectivity index (χ2v) is 8.81. The van der Waals surface area contributed by atoms with Gasteiger partial charge in [-0.2, -0.15) is 5.10 Å². The summed E-state index contributed by atoms with van der Waals surface area (Å²) >= 11 is 0. The number of ether oxygens (including phenoxy) is 2. The maximum absolute atomic E-state index is 12.5. The zero-order valence-corrected chi connectivity index (χ0v) is 17.9. The lowest BCUT2D eigenvalue weighted by atomic mass is 9.91. The minimum atomic E-state index is -0.315. The molecule has 3 atom stereocenters. The predicted octanol–water partition coefficient (Wildman–Crippen LogP) is 3.92. The van der Waals surface area contributed by atoms with E-state index in [0.717, 1.165) is 60.4 Å². The number of benzene rings is 1. The molecule has 1 saturated carbocycles. The summed E-state index contributed by atoms with van der Waals surface area (Å²) in [5.41, 5.74) is 4.14. The van der Waals surface area contributed by atoms with Gasteiger partial charge in [0.1, 0.15) is 5.75 Å². The van der Waals surface area contributed by atoms with Gasteiger partial charge in [-0.1, -0.05) is 0 Å². The molecule has 30 heavy (non-hydrogen) atoms. The van der Waals surface area contributed by atoms with Crippen LogP contribution in [0.1, 0.15) is 51.1 Å². The predicted molar refractivity (Wildman–Crippen MR) is 115 cm³/mol. The van der Waals surface area contributed by atoms with Crippen LogP contribution < -0.4 is 15.0 Å². The minimum Gasteiger partial charge on any atom is -0.489 e. The number of nitrogens with zero attached hydrogens (tertiary/aromatic N) is 3. The summed E-state index contributed by atoms with van der Waals surface area (Å²) in [5, 5.41) is 8.03. The maximum atomic E-state index is 12.5. The first-order chi connectivity index (χ1) is 14.6. The average Bonchev–Trinajstić information content (AvgIpc) is 3.17. The van der Waals surface area contributed by atoms with Crippen LogP contribution >= 0.6 is 0 Å². The molecule has 2 aromatic rings. The molecule has 3 heterocycles. The van der Waals surface area contributed by atoms with E-state index in [4.69, 9.17) is 9.47 Å². The SMILES string of the molecule is COC(=O)N1c2ccc(-c3cnn(C4CNC4C)c3)c(OC3CCC3)c2CC[C@@H]1C. The van der Waals surface area contributed by atoms with Crippen LogP contribution in [0.3, 0.4) is 0 Å². The van der Waals surface area contributed by atoms with E-state index in [1.807, 2.05) is 12.3 Å². The van der Waals surface area contributed by atoms with Crippen LogP contribution in [-0.2, 0) is 11.2 Å². The number of methoxy groups -OCH3 is 1. The summed E-state index contributed by atoms with van der Waals surface area (Å²) in [4.78, 5) is 14.3. The van der Waals surface area contributed by atoms with Crippen molar-refractivity contribution in [3.63, 3.8) is 0 Å².